The average Bonchev–Trinajstić information content (AvgIpc) is 2.42. The Hall–Kier alpha value is 0.550. The Labute approximate surface area is 104 Å². The van der Waals surface area contributed by atoms with Crippen LogP contribution in [0, 0.1) is 2.88 Å². The molecule has 0 saturated heterocycles. The van der Waals surface area contributed by atoms with Crippen LogP contribution >= 0.6 is 57.3 Å². The van der Waals surface area contributed by atoms with E-state index < -0.39 is 0 Å². The van der Waals surface area contributed by atoms with Crippen LogP contribution in [0.4, 0.5) is 0 Å². The highest BCUT2D eigenvalue weighted by molar-refractivity contribution is 14.1. The molecule has 0 nitrogen and oxygen atoms in total. The van der Waals surface area contributed by atoms with Crippen molar-refractivity contribution in [3.8, 4) is 0 Å². The molecule has 0 aliphatic heterocycles. The minimum Gasteiger partial charge on any atom is -0.129 e. The van der Waals surface area contributed by atoms with Crippen molar-refractivity contribution in [1.29, 1.82) is 0 Å². The molecular formula is C9H6ClIS2. The lowest BCUT2D eigenvalue weighted by Crippen LogP contribution is -1.71. The first-order chi connectivity index (χ1) is 6.20. The lowest BCUT2D eigenvalue weighted by Gasteiger charge is -1.99. The van der Waals surface area contributed by atoms with Crippen LogP contribution in [-0.4, -0.2) is 6.26 Å². The van der Waals surface area contributed by atoms with Gasteiger partial charge in [-0.3, -0.25) is 0 Å². The Morgan fingerprint density at radius 3 is 2.85 bits per heavy atom. The number of halogens is 2. The number of thioether (sulfide) groups is 1. The van der Waals surface area contributed by atoms with E-state index in [1.54, 1.807) is 23.1 Å². The molecule has 0 unspecified atom stereocenters. The predicted octanol–water partition coefficient (Wildman–Crippen LogP) is 4.88. The maximum atomic E-state index is 6.09. The normalized spacial score (nSPS) is 11.0. The second kappa shape index (κ2) is 3.96. The Morgan fingerprint density at radius 1 is 1.38 bits per heavy atom. The maximum Gasteiger partial charge on any atom is 0.0666 e. The second-order valence-electron chi connectivity index (χ2n) is 2.58. The summed E-state index contributed by atoms with van der Waals surface area (Å²) in [6.07, 6.45) is 2.05. The molecule has 0 N–H and O–H groups in total. The van der Waals surface area contributed by atoms with E-state index in [1.165, 1.54) is 13.0 Å². The molecule has 13 heavy (non-hydrogen) atoms. The average molecular weight is 341 g/mol. The van der Waals surface area contributed by atoms with Gasteiger partial charge in [-0.05, 0) is 52.4 Å². The van der Waals surface area contributed by atoms with E-state index in [9.17, 15) is 0 Å². The Bertz CT molecular complexity index is 450. The molecule has 1 heterocycles. The molecule has 0 amide bonds. The molecule has 2 aromatic rings. The third kappa shape index (κ3) is 1.98. The van der Waals surface area contributed by atoms with Crippen molar-refractivity contribution in [2.75, 3.05) is 6.26 Å². The zero-order valence-corrected chi connectivity index (χ0v) is 11.4. The van der Waals surface area contributed by atoms with Gasteiger partial charge in [0.25, 0.3) is 0 Å². The summed E-state index contributed by atoms with van der Waals surface area (Å²) in [5, 5.41) is 2.10. The van der Waals surface area contributed by atoms with Gasteiger partial charge in [-0.15, -0.1) is 23.1 Å². The maximum absolute atomic E-state index is 6.09. The summed E-state index contributed by atoms with van der Waals surface area (Å²) < 4.78 is 2.63. The lowest BCUT2D eigenvalue weighted by atomic mass is 10.3. The van der Waals surface area contributed by atoms with Gasteiger partial charge in [0.05, 0.1) is 7.91 Å². The first-order valence-corrected chi connectivity index (χ1v) is 7.13. The van der Waals surface area contributed by atoms with E-state index in [2.05, 4.69) is 34.7 Å². The van der Waals surface area contributed by atoms with E-state index in [0.29, 0.717) is 0 Å². The van der Waals surface area contributed by atoms with Gasteiger partial charge in [0.15, 0.2) is 0 Å². The largest absolute Gasteiger partial charge is 0.129 e. The molecule has 0 spiro atoms. The van der Waals surface area contributed by atoms with Crippen LogP contribution in [0.25, 0.3) is 10.1 Å². The monoisotopic (exact) mass is 340 g/mol. The SMILES string of the molecule is CSc1cc2sc(I)cc2cc1Cl. The van der Waals surface area contributed by atoms with Gasteiger partial charge in [-0.25, -0.2) is 0 Å². The predicted molar refractivity (Wildman–Crippen MR) is 71.3 cm³/mol. The highest BCUT2D eigenvalue weighted by Gasteiger charge is 2.04. The molecule has 0 radical (unpaired) electrons. The summed E-state index contributed by atoms with van der Waals surface area (Å²) in [5.74, 6) is 0. The van der Waals surface area contributed by atoms with Crippen molar-refractivity contribution in [3.63, 3.8) is 0 Å². The van der Waals surface area contributed by atoms with Crippen molar-refractivity contribution in [2.45, 2.75) is 4.90 Å². The topological polar surface area (TPSA) is 0 Å². The summed E-state index contributed by atoms with van der Waals surface area (Å²) >= 11 is 11.9. The van der Waals surface area contributed by atoms with Crippen molar-refractivity contribution in [1.82, 2.24) is 0 Å². The Morgan fingerprint density at radius 2 is 2.15 bits per heavy atom. The van der Waals surface area contributed by atoms with E-state index in [0.717, 1.165) is 9.92 Å². The molecule has 0 atom stereocenters. The molecule has 0 fully saturated rings. The van der Waals surface area contributed by atoms with Crippen molar-refractivity contribution >= 4 is 67.4 Å². The first-order valence-electron chi connectivity index (χ1n) is 3.63. The summed E-state index contributed by atoms with van der Waals surface area (Å²) in [6.45, 7) is 0. The van der Waals surface area contributed by atoms with E-state index in [1.807, 2.05) is 12.3 Å². The second-order valence-corrected chi connectivity index (χ2v) is 6.81. The Balaban J connectivity index is 2.72. The fourth-order valence-electron chi connectivity index (χ4n) is 1.16. The number of thiophene rings is 1. The number of hydrogen-bond donors (Lipinski definition) is 0. The summed E-state index contributed by atoms with van der Waals surface area (Å²) in [4.78, 5) is 1.16. The number of fused-ring (bicyclic) bond motifs is 1. The van der Waals surface area contributed by atoms with Gasteiger partial charge in [0.2, 0.25) is 0 Å². The van der Waals surface area contributed by atoms with Crippen LogP contribution in [-0.2, 0) is 0 Å². The molecule has 4 heteroatoms. The van der Waals surface area contributed by atoms with E-state index in [4.69, 9.17) is 11.6 Å². The van der Waals surface area contributed by atoms with Crippen LogP contribution in [0.15, 0.2) is 23.1 Å². The molecular weight excluding hydrogens is 335 g/mol. The molecule has 0 aliphatic carbocycles. The van der Waals surface area contributed by atoms with E-state index >= 15 is 0 Å². The van der Waals surface area contributed by atoms with Crippen LogP contribution in [0.5, 0.6) is 0 Å². The standard InChI is InChI=1S/C9H6ClIS2/c1-12-8-4-7-5(2-6(8)10)3-9(11)13-7/h2-4H,1H3. The highest BCUT2D eigenvalue weighted by atomic mass is 127. The Kier molecular flexibility index (Phi) is 3.07. The highest BCUT2D eigenvalue weighted by Crippen LogP contribution is 2.34. The fourth-order valence-corrected chi connectivity index (χ4v) is 3.99. The summed E-state index contributed by atoms with van der Waals surface area (Å²) in [5.41, 5.74) is 0. The van der Waals surface area contributed by atoms with Gasteiger partial charge >= 0.3 is 0 Å². The number of hydrogen-bond acceptors (Lipinski definition) is 2. The van der Waals surface area contributed by atoms with Gasteiger partial charge in [0.1, 0.15) is 0 Å². The first kappa shape index (κ1) is 10.1. The molecule has 1 aromatic heterocycles. The molecule has 0 saturated carbocycles. The summed E-state index contributed by atoms with van der Waals surface area (Å²) in [7, 11) is 0. The van der Waals surface area contributed by atoms with Gasteiger partial charge in [0, 0.05) is 9.60 Å². The zero-order chi connectivity index (χ0) is 9.42. The van der Waals surface area contributed by atoms with Crippen molar-refractivity contribution in [2.24, 2.45) is 0 Å². The van der Waals surface area contributed by atoms with Crippen LogP contribution in [0.1, 0.15) is 0 Å². The minimum atomic E-state index is 0.856. The third-order valence-corrected chi connectivity index (χ3v) is 4.82. The quantitative estimate of drug-likeness (QED) is 0.526. The van der Waals surface area contributed by atoms with Crippen molar-refractivity contribution in [3.05, 3.63) is 26.1 Å². The molecule has 0 aliphatic rings. The molecule has 1 aromatic carbocycles. The summed E-state index contributed by atoms with van der Waals surface area (Å²) in [6, 6.07) is 6.37. The van der Waals surface area contributed by atoms with Gasteiger partial charge in [-0.2, -0.15) is 0 Å². The minimum absolute atomic E-state index is 0.856. The molecule has 2 rings (SSSR count). The number of rotatable bonds is 1. The van der Waals surface area contributed by atoms with Crippen LogP contribution in [0.3, 0.4) is 0 Å². The van der Waals surface area contributed by atoms with Crippen LogP contribution in [0.2, 0.25) is 5.02 Å². The van der Waals surface area contributed by atoms with Gasteiger partial charge in [-0.1, -0.05) is 11.6 Å². The van der Waals surface area contributed by atoms with Gasteiger partial charge < -0.3 is 0 Å². The number of benzene rings is 1. The smallest absolute Gasteiger partial charge is 0.0666 e. The van der Waals surface area contributed by atoms with Crippen LogP contribution < -0.4 is 0 Å². The lowest BCUT2D eigenvalue weighted by molar-refractivity contribution is 1.53. The molecule has 0 bridgehead atoms. The fraction of sp³-hybridized carbons (Fsp3) is 0.111. The zero-order valence-electron chi connectivity index (χ0n) is 6.80. The third-order valence-electron chi connectivity index (χ3n) is 1.76. The van der Waals surface area contributed by atoms with E-state index in [-0.39, 0.29) is 0 Å². The molecule has 68 valence electrons. The van der Waals surface area contributed by atoms with Crippen molar-refractivity contribution < 1.29 is 0 Å².